The van der Waals surface area contributed by atoms with Crippen LogP contribution in [0.4, 0.5) is 0 Å². The molecule has 1 aromatic rings. The summed E-state index contributed by atoms with van der Waals surface area (Å²) in [6.45, 7) is 3.52. The Hall–Kier alpha value is -3.06. The van der Waals surface area contributed by atoms with Crippen LogP contribution in [0.25, 0.3) is 0 Å². The fourth-order valence-electron chi connectivity index (χ4n) is 3.97. The van der Waals surface area contributed by atoms with Crippen molar-refractivity contribution >= 4 is 58.6 Å². The molecule has 3 aliphatic heterocycles. The lowest BCUT2D eigenvalue weighted by atomic mass is 9.96. The highest BCUT2D eigenvalue weighted by molar-refractivity contribution is 8.15. The molecular formula is C21H23N5O6S2. The second-order valence-electron chi connectivity index (χ2n) is 8.37. The molecule has 4 rings (SSSR count). The number of aliphatic carboxylic acids is 1. The van der Waals surface area contributed by atoms with Crippen molar-refractivity contribution in [2.45, 2.75) is 47.7 Å². The molecule has 3 saturated heterocycles. The van der Waals surface area contributed by atoms with Gasteiger partial charge in [-0.2, -0.15) is 5.10 Å². The smallest absolute Gasteiger partial charge is 0.327 e. The molecule has 4 atom stereocenters. The molecule has 0 radical (unpaired) electrons. The van der Waals surface area contributed by atoms with Gasteiger partial charge in [-0.1, -0.05) is 11.8 Å². The van der Waals surface area contributed by atoms with Crippen molar-refractivity contribution in [3.8, 4) is 5.75 Å². The van der Waals surface area contributed by atoms with Gasteiger partial charge in [0.2, 0.25) is 17.7 Å². The minimum atomic E-state index is -1.07. The maximum Gasteiger partial charge on any atom is 0.327 e. The Balaban J connectivity index is 1.30. The van der Waals surface area contributed by atoms with Gasteiger partial charge in [0.25, 0.3) is 0 Å². The van der Waals surface area contributed by atoms with Crippen LogP contribution in [0.5, 0.6) is 5.75 Å². The summed E-state index contributed by atoms with van der Waals surface area (Å²) in [5.74, 6) is -1.62. The van der Waals surface area contributed by atoms with Crippen LogP contribution in [-0.2, 0) is 19.2 Å². The molecule has 3 amide bonds. The van der Waals surface area contributed by atoms with Gasteiger partial charge < -0.3 is 25.4 Å². The Morgan fingerprint density at radius 3 is 2.65 bits per heavy atom. The van der Waals surface area contributed by atoms with Gasteiger partial charge in [0.1, 0.15) is 28.5 Å². The largest absolute Gasteiger partial charge is 0.497 e. The number of carbonyl (C=O) groups is 4. The van der Waals surface area contributed by atoms with Crippen LogP contribution in [0.15, 0.2) is 34.5 Å². The number of nitrogens with zero attached hydrogens (tertiary/aromatic N) is 3. The molecule has 180 valence electrons. The van der Waals surface area contributed by atoms with Crippen LogP contribution >= 0.6 is 23.5 Å². The fraction of sp³-hybridized carbons (Fsp3) is 0.429. The van der Waals surface area contributed by atoms with E-state index in [9.17, 15) is 24.3 Å². The summed E-state index contributed by atoms with van der Waals surface area (Å²) in [5.41, 5.74) is 0.799. The number of carboxylic acids is 1. The molecule has 3 fully saturated rings. The van der Waals surface area contributed by atoms with Crippen molar-refractivity contribution in [2.24, 2.45) is 10.2 Å². The highest BCUT2D eigenvalue weighted by Crippen LogP contribution is 2.50. The lowest BCUT2D eigenvalue weighted by Gasteiger charge is -2.43. The minimum Gasteiger partial charge on any atom is -0.497 e. The number of thioether (sulfide) groups is 2. The van der Waals surface area contributed by atoms with E-state index >= 15 is 0 Å². The molecule has 11 nitrogen and oxygen atoms in total. The Morgan fingerprint density at radius 2 is 2.00 bits per heavy atom. The van der Waals surface area contributed by atoms with E-state index < -0.39 is 45.2 Å². The quantitative estimate of drug-likeness (QED) is 0.278. The number of nitrogens with one attached hydrogen (secondary N) is 2. The van der Waals surface area contributed by atoms with Gasteiger partial charge in [-0.15, -0.1) is 16.9 Å². The average Bonchev–Trinajstić information content (AvgIpc) is 3.26. The van der Waals surface area contributed by atoms with Crippen molar-refractivity contribution in [2.75, 3.05) is 7.11 Å². The Labute approximate surface area is 203 Å². The molecule has 4 unspecified atom stereocenters. The minimum absolute atomic E-state index is 0.148. The maximum atomic E-state index is 12.5. The number of benzene rings is 1. The summed E-state index contributed by atoms with van der Waals surface area (Å²) in [7, 11) is 1.58. The summed E-state index contributed by atoms with van der Waals surface area (Å²) in [5, 5.41) is 21.8. The molecule has 0 aliphatic carbocycles. The highest BCUT2D eigenvalue weighted by Gasteiger charge is 2.64. The SMILES string of the molecule is COc1ccc(C=NN=C2NC(=O)C(CC(=O)NC3C(=O)N4C3SC(C)(C)C4C(=O)O)S2)cc1. The number of carboxylic acid groups (broad SMARTS) is 1. The second kappa shape index (κ2) is 9.29. The number of fused-ring (bicyclic) bond motifs is 1. The lowest BCUT2D eigenvalue weighted by Crippen LogP contribution is -2.70. The van der Waals surface area contributed by atoms with Gasteiger partial charge in [-0.05, 0) is 43.7 Å². The number of rotatable bonds is 7. The first-order chi connectivity index (χ1) is 16.1. The first-order valence-electron chi connectivity index (χ1n) is 10.4. The number of carbonyl (C=O) groups excluding carboxylic acids is 3. The monoisotopic (exact) mass is 505 g/mol. The number of methoxy groups -OCH3 is 1. The number of hydrogen-bond donors (Lipinski definition) is 3. The normalized spacial score (nSPS) is 28.6. The van der Waals surface area contributed by atoms with E-state index in [0.717, 1.165) is 23.1 Å². The standard InChI is InChI=1S/C21H23N5O6S2/c1-21(2)15(19(30)31)26-17(29)14(18(26)34-21)23-13(27)8-12-16(28)24-20(33-12)25-22-9-10-4-6-11(32-3)7-5-10/h4-7,9,12,14-15,18H,8H2,1-3H3,(H,23,27)(H,30,31)(H,24,25,28). The molecule has 0 saturated carbocycles. The first kappa shape index (κ1) is 24.1. The van der Waals surface area contributed by atoms with Crippen LogP contribution in [0.1, 0.15) is 25.8 Å². The first-order valence-corrected chi connectivity index (χ1v) is 12.1. The number of ether oxygens (including phenoxy) is 1. The molecule has 34 heavy (non-hydrogen) atoms. The van der Waals surface area contributed by atoms with Crippen molar-refractivity contribution in [3.63, 3.8) is 0 Å². The van der Waals surface area contributed by atoms with Gasteiger partial charge in [0.05, 0.1) is 13.3 Å². The Morgan fingerprint density at radius 1 is 1.29 bits per heavy atom. The summed E-state index contributed by atoms with van der Waals surface area (Å²) in [6, 6.07) is 5.43. The third-order valence-electron chi connectivity index (χ3n) is 5.61. The third kappa shape index (κ3) is 4.62. The van der Waals surface area contributed by atoms with Crippen LogP contribution < -0.4 is 15.4 Å². The van der Waals surface area contributed by atoms with Crippen LogP contribution in [-0.4, -0.2) is 79.6 Å². The van der Waals surface area contributed by atoms with Gasteiger partial charge in [0, 0.05) is 11.2 Å². The molecular weight excluding hydrogens is 482 g/mol. The van der Waals surface area contributed by atoms with E-state index in [0.29, 0.717) is 0 Å². The zero-order valence-corrected chi connectivity index (χ0v) is 20.2. The van der Waals surface area contributed by atoms with Gasteiger partial charge in [-0.3, -0.25) is 14.4 Å². The lowest BCUT2D eigenvalue weighted by molar-refractivity contribution is -0.161. The van der Waals surface area contributed by atoms with E-state index in [-0.39, 0.29) is 17.5 Å². The van der Waals surface area contributed by atoms with Crippen molar-refractivity contribution in [3.05, 3.63) is 29.8 Å². The molecule has 0 bridgehead atoms. The molecule has 0 aromatic heterocycles. The third-order valence-corrected chi connectivity index (χ3v) is 8.25. The summed E-state index contributed by atoms with van der Waals surface area (Å²) in [4.78, 5) is 50.2. The molecule has 3 aliphatic rings. The predicted octanol–water partition coefficient (Wildman–Crippen LogP) is 0.639. The van der Waals surface area contributed by atoms with E-state index in [1.54, 1.807) is 45.2 Å². The second-order valence-corrected chi connectivity index (χ2v) is 11.3. The topological polar surface area (TPSA) is 150 Å². The van der Waals surface area contributed by atoms with Gasteiger partial charge in [0.15, 0.2) is 5.17 Å². The van der Waals surface area contributed by atoms with Crippen LogP contribution in [0.3, 0.4) is 0 Å². The molecule has 13 heteroatoms. The number of amidine groups is 1. The van der Waals surface area contributed by atoms with Crippen LogP contribution in [0, 0.1) is 0 Å². The number of β-lactam (4-membered cyclic amide) rings is 1. The fourth-order valence-corrected chi connectivity index (χ4v) is 6.52. The van der Waals surface area contributed by atoms with Crippen molar-refractivity contribution in [1.82, 2.24) is 15.5 Å². The molecule has 3 heterocycles. The van der Waals surface area contributed by atoms with E-state index in [4.69, 9.17) is 4.74 Å². The van der Waals surface area contributed by atoms with Gasteiger partial charge >= 0.3 is 5.97 Å². The number of amides is 3. The van der Waals surface area contributed by atoms with E-state index in [1.165, 1.54) is 22.9 Å². The summed E-state index contributed by atoms with van der Waals surface area (Å²) >= 11 is 2.43. The van der Waals surface area contributed by atoms with Crippen molar-refractivity contribution < 1.29 is 29.0 Å². The maximum absolute atomic E-state index is 12.5. The zero-order chi connectivity index (χ0) is 24.6. The molecule has 3 N–H and O–H groups in total. The van der Waals surface area contributed by atoms with Crippen molar-refractivity contribution in [1.29, 1.82) is 0 Å². The zero-order valence-electron chi connectivity index (χ0n) is 18.5. The van der Waals surface area contributed by atoms with Gasteiger partial charge in [-0.25, -0.2) is 4.79 Å². The highest BCUT2D eigenvalue weighted by atomic mass is 32.2. The Kier molecular flexibility index (Phi) is 6.58. The molecule has 1 aromatic carbocycles. The predicted molar refractivity (Wildman–Crippen MR) is 128 cm³/mol. The van der Waals surface area contributed by atoms with Crippen LogP contribution in [0.2, 0.25) is 0 Å². The van der Waals surface area contributed by atoms with E-state index in [1.807, 2.05) is 0 Å². The summed E-state index contributed by atoms with van der Waals surface area (Å²) in [6.07, 6.45) is 1.38. The Bertz CT molecular complexity index is 1090. The molecule has 0 spiro atoms. The van der Waals surface area contributed by atoms with E-state index in [2.05, 4.69) is 20.8 Å². The summed E-state index contributed by atoms with van der Waals surface area (Å²) < 4.78 is 4.42. The number of hydrogen-bond acceptors (Lipinski definition) is 9. The average molecular weight is 506 g/mol.